The van der Waals surface area contributed by atoms with Crippen molar-refractivity contribution in [3.63, 3.8) is 0 Å². The number of ether oxygens (including phenoxy) is 1. The van der Waals surface area contributed by atoms with Crippen LogP contribution >= 0.6 is 0 Å². The summed E-state index contributed by atoms with van der Waals surface area (Å²) in [5.74, 6) is -1.22. The molecule has 14 heavy (non-hydrogen) atoms. The van der Waals surface area contributed by atoms with Crippen molar-refractivity contribution in [2.75, 3.05) is 6.61 Å². The van der Waals surface area contributed by atoms with Crippen molar-refractivity contribution >= 4 is 0 Å². The monoisotopic (exact) mass is 192 g/mol. The maximum Gasteiger partial charge on any atom is 0.195 e. The smallest absolute Gasteiger partial charge is 0.195 e. The molecule has 0 saturated heterocycles. The van der Waals surface area contributed by atoms with Crippen molar-refractivity contribution in [1.82, 2.24) is 0 Å². The number of rotatable bonds is 5. The highest BCUT2D eigenvalue weighted by Gasteiger charge is 2.27. The lowest BCUT2D eigenvalue weighted by Gasteiger charge is -2.26. The topological polar surface area (TPSA) is 29.5 Å². The number of hydrogen-bond donors (Lipinski definition) is 1. The third-order valence-electron chi connectivity index (χ3n) is 2.03. The Balaban J connectivity index is 2.92. The quantitative estimate of drug-likeness (QED) is 0.573. The van der Waals surface area contributed by atoms with Crippen molar-refractivity contribution < 1.29 is 9.84 Å². The van der Waals surface area contributed by atoms with E-state index in [1.54, 1.807) is 6.08 Å². The standard InChI is InChI=1S/C12H16O2/c1-3-10-12(13,14-4-2)11-8-6-5-7-9-11/h3,5-9,13H,1,4,10H2,2H3. The first-order valence-corrected chi connectivity index (χ1v) is 4.75. The summed E-state index contributed by atoms with van der Waals surface area (Å²) in [6.45, 7) is 5.94. The molecule has 1 atom stereocenters. The van der Waals surface area contributed by atoms with Gasteiger partial charge in [-0.05, 0) is 6.92 Å². The number of aliphatic hydroxyl groups is 1. The average molecular weight is 192 g/mol. The highest BCUT2D eigenvalue weighted by atomic mass is 16.6. The van der Waals surface area contributed by atoms with Gasteiger partial charge in [0.2, 0.25) is 0 Å². The van der Waals surface area contributed by atoms with E-state index in [0.717, 1.165) is 5.56 Å². The molecule has 1 rings (SSSR count). The maximum absolute atomic E-state index is 10.2. The summed E-state index contributed by atoms with van der Waals surface area (Å²) < 4.78 is 5.34. The normalized spacial score (nSPS) is 14.7. The molecule has 0 amide bonds. The Morgan fingerprint density at radius 1 is 1.43 bits per heavy atom. The van der Waals surface area contributed by atoms with Crippen LogP contribution in [-0.4, -0.2) is 11.7 Å². The largest absolute Gasteiger partial charge is 0.362 e. The molecule has 2 nitrogen and oxygen atoms in total. The van der Waals surface area contributed by atoms with Crippen LogP contribution in [0, 0.1) is 0 Å². The molecule has 0 bridgehead atoms. The van der Waals surface area contributed by atoms with Crippen LogP contribution in [0.5, 0.6) is 0 Å². The van der Waals surface area contributed by atoms with Gasteiger partial charge in [-0.1, -0.05) is 36.4 Å². The van der Waals surface area contributed by atoms with E-state index < -0.39 is 5.79 Å². The maximum atomic E-state index is 10.2. The van der Waals surface area contributed by atoms with Gasteiger partial charge in [-0.15, -0.1) is 6.58 Å². The van der Waals surface area contributed by atoms with Crippen molar-refractivity contribution in [3.05, 3.63) is 48.6 Å². The molecule has 0 aliphatic carbocycles. The Morgan fingerprint density at radius 3 is 2.57 bits per heavy atom. The van der Waals surface area contributed by atoms with E-state index in [2.05, 4.69) is 6.58 Å². The van der Waals surface area contributed by atoms with Gasteiger partial charge in [0.25, 0.3) is 0 Å². The molecular formula is C12H16O2. The van der Waals surface area contributed by atoms with Gasteiger partial charge in [0.15, 0.2) is 5.79 Å². The summed E-state index contributed by atoms with van der Waals surface area (Å²) in [6.07, 6.45) is 2.05. The molecule has 0 spiro atoms. The van der Waals surface area contributed by atoms with Crippen LogP contribution in [0.3, 0.4) is 0 Å². The van der Waals surface area contributed by atoms with Crippen molar-refractivity contribution in [2.24, 2.45) is 0 Å². The molecule has 1 aromatic carbocycles. The molecule has 0 saturated carbocycles. The molecular weight excluding hydrogens is 176 g/mol. The molecule has 1 unspecified atom stereocenters. The van der Waals surface area contributed by atoms with Crippen molar-refractivity contribution in [3.8, 4) is 0 Å². The van der Waals surface area contributed by atoms with Crippen LogP contribution in [0.15, 0.2) is 43.0 Å². The van der Waals surface area contributed by atoms with Crippen molar-refractivity contribution in [2.45, 2.75) is 19.1 Å². The second-order valence-corrected chi connectivity index (χ2v) is 3.08. The predicted octanol–water partition coefficient (Wildman–Crippen LogP) is 2.44. The zero-order valence-corrected chi connectivity index (χ0v) is 8.44. The highest BCUT2D eigenvalue weighted by Crippen LogP contribution is 2.26. The lowest BCUT2D eigenvalue weighted by Crippen LogP contribution is -2.28. The summed E-state index contributed by atoms with van der Waals surface area (Å²) in [4.78, 5) is 0. The minimum absolute atomic E-state index is 0.394. The Bertz CT molecular complexity index is 282. The summed E-state index contributed by atoms with van der Waals surface area (Å²) in [5, 5.41) is 10.2. The fourth-order valence-electron chi connectivity index (χ4n) is 1.39. The van der Waals surface area contributed by atoms with Crippen LogP contribution < -0.4 is 0 Å². The second kappa shape index (κ2) is 4.94. The third kappa shape index (κ3) is 2.44. The Morgan fingerprint density at radius 2 is 2.07 bits per heavy atom. The van der Waals surface area contributed by atoms with Gasteiger partial charge >= 0.3 is 0 Å². The van der Waals surface area contributed by atoms with E-state index in [4.69, 9.17) is 4.74 Å². The summed E-state index contributed by atoms with van der Waals surface area (Å²) in [7, 11) is 0. The van der Waals surface area contributed by atoms with E-state index >= 15 is 0 Å². The molecule has 1 N–H and O–H groups in total. The molecule has 2 heteroatoms. The summed E-state index contributed by atoms with van der Waals surface area (Å²) in [5.41, 5.74) is 0.766. The Hall–Kier alpha value is -1.12. The van der Waals surface area contributed by atoms with Gasteiger partial charge in [0, 0.05) is 18.6 Å². The molecule has 1 aromatic rings. The van der Waals surface area contributed by atoms with Crippen LogP contribution in [-0.2, 0) is 10.5 Å². The summed E-state index contributed by atoms with van der Waals surface area (Å²) >= 11 is 0. The molecule has 0 heterocycles. The first-order valence-electron chi connectivity index (χ1n) is 4.75. The van der Waals surface area contributed by atoms with E-state index in [1.807, 2.05) is 37.3 Å². The molecule has 76 valence electrons. The van der Waals surface area contributed by atoms with E-state index in [0.29, 0.717) is 13.0 Å². The zero-order chi connectivity index (χ0) is 10.4. The van der Waals surface area contributed by atoms with Gasteiger partial charge in [0.05, 0.1) is 0 Å². The van der Waals surface area contributed by atoms with Gasteiger partial charge in [-0.2, -0.15) is 0 Å². The summed E-state index contributed by atoms with van der Waals surface area (Å²) in [6, 6.07) is 9.35. The molecule has 0 aromatic heterocycles. The number of benzene rings is 1. The van der Waals surface area contributed by atoms with Gasteiger partial charge in [-0.3, -0.25) is 0 Å². The first kappa shape index (κ1) is 11.0. The van der Waals surface area contributed by atoms with Crippen molar-refractivity contribution in [1.29, 1.82) is 0 Å². The Kier molecular flexibility index (Phi) is 3.86. The highest BCUT2D eigenvalue weighted by molar-refractivity contribution is 5.20. The average Bonchev–Trinajstić information content (AvgIpc) is 2.20. The Labute approximate surface area is 84.8 Å². The van der Waals surface area contributed by atoms with E-state index in [1.165, 1.54) is 0 Å². The van der Waals surface area contributed by atoms with E-state index in [9.17, 15) is 5.11 Å². The molecule has 0 radical (unpaired) electrons. The minimum atomic E-state index is -1.22. The fraction of sp³-hybridized carbons (Fsp3) is 0.333. The second-order valence-electron chi connectivity index (χ2n) is 3.08. The van der Waals surface area contributed by atoms with Gasteiger partial charge in [-0.25, -0.2) is 0 Å². The fourth-order valence-corrected chi connectivity index (χ4v) is 1.39. The molecule has 0 fully saturated rings. The van der Waals surface area contributed by atoms with Crippen LogP contribution in [0.2, 0.25) is 0 Å². The molecule has 0 aliphatic heterocycles. The SMILES string of the molecule is C=CCC(O)(OCC)c1ccccc1. The first-order chi connectivity index (χ1) is 6.73. The minimum Gasteiger partial charge on any atom is -0.362 e. The lowest BCUT2D eigenvalue weighted by molar-refractivity contribution is -0.207. The lowest BCUT2D eigenvalue weighted by atomic mass is 10.0. The molecule has 0 aliphatic rings. The predicted molar refractivity (Wildman–Crippen MR) is 56.8 cm³/mol. The van der Waals surface area contributed by atoms with Crippen LogP contribution in [0.1, 0.15) is 18.9 Å². The van der Waals surface area contributed by atoms with Crippen LogP contribution in [0.25, 0.3) is 0 Å². The third-order valence-corrected chi connectivity index (χ3v) is 2.03. The zero-order valence-electron chi connectivity index (χ0n) is 8.44. The van der Waals surface area contributed by atoms with Gasteiger partial charge in [0.1, 0.15) is 0 Å². The van der Waals surface area contributed by atoms with Crippen LogP contribution in [0.4, 0.5) is 0 Å². The van der Waals surface area contributed by atoms with E-state index in [-0.39, 0.29) is 0 Å². The number of hydrogen-bond acceptors (Lipinski definition) is 2. The van der Waals surface area contributed by atoms with Gasteiger partial charge < -0.3 is 9.84 Å².